The molecule has 0 aliphatic heterocycles. The lowest BCUT2D eigenvalue weighted by Gasteiger charge is -1.93. The molecule has 0 amide bonds. The molecule has 5 N–H and O–H groups in total. The number of fused-ring (bicyclic) bond motifs is 1. The van der Waals surface area contributed by atoms with Crippen molar-refractivity contribution in [3.8, 4) is 0 Å². The third-order valence-corrected chi connectivity index (χ3v) is 1.80. The van der Waals surface area contributed by atoms with E-state index in [2.05, 4.69) is 9.97 Å². The number of H-pyrrole nitrogens is 1. The van der Waals surface area contributed by atoms with E-state index in [4.69, 9.17) is 11.5 Å². The molecule has 0 aliphatic carbocycles. The lowest BCUT2D eigenvalue weighted by molar-refractivity contribution is 1.07. The largest absolute Gasteiger partial charge is 0.369 e. The number of imidazole rings is 1. The molecule has 0 saturated carbocycles. The van der Waals surface area contributed by atoms with Gasteiger partial charge in [0.05, 0.1) is 11.0 Å². The molecule has 2 aromatic rings. The van der Waals surface area contributed by atoms with Crippen molar-refractivity contribution < 1.29 is 0 Å². The maximum Gasteiger partial charge on any atom is 0.198 e. The Morgan fingerprint density at radius 3 is 2.64 bits per heavy atom. The van der Waals surface area contributed by atoms with Crippen LogP contribution in [0.2, 0.25) is 0 Å². The van der Waals surface area contributed by atoms with Gasteiger partial charge in [-0.15, -0.1) is 24.8 Å². The first-order valence-electron chi connectivity index (χ1n) is 3.74. The van der Waals surface area contributed by atoms with Crippen LogP contribution in [0.4, 0.5) is 5.95 Å². The number of rotatable bonds is 1. The van der Waals surface area contributed by atoms with Crippen molar-refractivity contribution in [2.75, 3.05) is 5.73 Å². The van der Waals surface area contributed by atoms with Crippen molar-refractivity contribution in [3.63, 3.8) is 0 Å². The van der Waals surface area contributed by atoms with Crippen LogP contribution in [-0.2, 0) is 6.54 Å². The van der Waals surface area contributed by atoms with Crippen LogP contribution in [-0.4, -0.2) is 9.97 Å². The number of benzene rings is 1. The van der Waals surface area contributed by atoms with Gasteiger partial charge >= 0.3 is 0 Å². The maximum absolute atomic E-state index is 5.48. The van der Waals surface area contributed by atoms with E-state index in [-0.39, 0.29) is 24.8 Å². The summed E-state index contributed by atoms with van der Waals surface area (Å²) in [7, 11) is 0. The highest BCUT2D eigenvalue weighted by Gasteiger charge is 1.99. The standard InChI is InChI=1S/C8H10N4.2ClH/c9-4-5-1-2-6-7(3-5)12-8(10)11-6;;/h1-3H,4,9H2,(H3,10,11,12);2*1H. The number of nitrogens with zero attached hydrogens (tertiary/aromatic N) is 1. The molecular formula is C8H12Cl2N4. The number of hydrogen-bond donors (Lipinski definition) is 3. The van der Waals surface area contributed by atoms with E-state index < -0.39 is 0 Å². The number of nitrogen functional groups attached to an aromatic ring is 1. The summed E-state index contributed by atoms with van der Waals surface area (Å²) in [6.07, 6.45) is 0. The van der Waals surface area contributed by atoms with Gasteiger partial charge in [-0.1, -0.05) is 6.07 Å². The quantitative estimate of drug-likeness (QED) is 0.699. The van der Waals surface area contributed by atoms with Gasteiger partial charge < -0.3 is 16.5 Å². The zero-order chi connectivity index (χ0) is 8.55. The minimum Gasteiger partial charge on any atom is -0.369 e. The summed E-state index contributed by atoms with van der Waals surface area (Å²) in [6.45, 7) is 0.537. The lowest BCUT2D eigenvalue weighted by Crippen LogP contribution is -1.95. The number of nitrogens with two attached hydrogens (primary N) is 2. The molecule has 0 unspecified atom stereocenters. The number of anilines is 1. The van der Waals surface area contributed by atoms with Crippen molar-refractivity contribution in [1.29, 1.82) is 0 Å². The molecule has 0 bridgehead atoms. The first kappa shape index (κ1) is 13.0. The van der Waals surface area contributed by atoms with E-state index in [9.17, 15) is 0 Å². The average molecular weight is 235 g/mol. The Kier molecular flexibility index (Phi) is 4.70. The van der Waals surface area contributed by atoms with Crippen LogP contribution < -0.4 is 11.5 Å². The molecular weight excluding hydrogens is 223 g/mol. The molecule has 2 rings (SSSR count). The van der Waals surface area contributed by atoms with Gasteiger partial charge in [-0.05, 0) is 17.7 Å². The number of hydrogen-bond acceptors (Lipinski definition) is 3. The van der Waals surface area contributed by atoms with Gasteiger partial charge in [0.1, 0.15) is 0 Å². The smallest absolute Gasteiger partial charge is 0.198 e. The van der Waals surface area contributed by atoms with Crippen molar-refractivity contribution in [2.45, 2.75) is 6.54 Å². The van der Waals surface area contributed by atoms with Crippen LogP contribution in [0.1, 0.15) is 5.56 Å². The van der Waals surface area contributed by atoms with Gasteiger partial charge in [0.2, 0.25) is 0 Å². The normalized spacial score (nSPS) is 9.21. The van der Waals surface area contributed by atoms with E-state index in [1.807, 2.05) is 18.2 Å². The molecule has 78 valence electrons. The molecule has 0 radical (unpaired) electrons. The first-order valence-corrected chi connectivity index (χ1v) is 3.74. The summed E-state index contributed by atoms with van der Waals surface area (Å²) in [6, 6.07) is 5.81. The van der Waals surface area contributed by atoms with Crippen LogP contribution in [0.5, 0.6) is 0 Å². The van der Waals surface area contributed by atoms with E-state index in [0.29, 0.717) is 12.5 Å². The second-order valence-electron chi connectivity index (χ2n) is 2.68. The molecule has 6 heteroatoms. The summed E-state index contributed by atoms with van der Waals surface area (Å²) in [5, 5.41) is 0. The van der Waals surface area contributed by atoms with E-state index in [0.717, 1.165) is 16.6 Å². The van der Waals surface area contributed by atoms with Crippen LogP contribution in [0, 0.1) is 0 Å². The van der Waals surface area contributed by atoms with Gasteiger partial charge in [0, 0.05) is 6.54 Å². The fourth-order valence-corrected chi connectivity index (χ4v) is 1.20. The topological polar surface area (TPSA) is 80.7 Å². The Labute approximate surface area is 93.9 Å². The molecule has 1 heterocycles. The molecule has 4 nitrogen and oxygen atoms in total. The Morgan fingerprint density at radius 2 is 2.00 bits per heavy atom. The summed E-state index contributed by atoms with van der Waals surface area (Å²) >= 11 is 0. The fraction of sp³-hybridized carbons (Fsp3) is 0.125. The molecule has 0 saturated heterocycles. The number of halogens is 2. The summed E-state index contributed by atoms with van der Waals surface area (Å²) in [4.78, 5) is 7.01. The molecule has 1 aromatic heterocycles. The summed E-state index contributed by atoms with van der Waals surface area (Å²) in [5.74, 6) is 0.444. The Bertz CT molecular complexity index is 413. The van der Waals surface area contributed by atoms with E-state index in [1.165, 1.54) is 0 Å². The molecule has 14 heavy (non-hydrogen) atoms. The van der Waals surface area contributed by atoms with Crippen molar-refractivity contribution in [2.24, 2.45) is 5.73 Å². The second-order valence-corrected chi connectivity index (χ2v) is 2.68. The molecule has 0 aliphatic rings. The average Bonchev–Trinajstić information content (AvgIpc) is 2.43. The minimum absolute atomic E-state index is 0. The lowest BCUT2D eigenvalue weighted by atomic mass is 10.2. The first-order chi connectivity index (χ1) is 5.79. The van der Waals surface area contributed by atoms with E-state index in [1.54, 1.807) is 0 Å². The molecule has 0 atom stereocenters. The van der Waals surface area contributed by atoms with Crippen molar-refractivity contribution in [3.05, 3.63) is 23.8 Å². The zero-order valence-electron chi connectivity index (χ0n) is 7.36. The predicted molar refractivity (Wildman–Crippen MR) is 62.9 cm³/mol. The second kappa shape index (κ2) is 5.05. The molecule has 1 aromatic carbocycles. The van der Waals surface area contributed by atoms with Gasteiger partial charge in [-0.3, -0.25) is 0 Å². The van der Waals surface area contributed by atoms with Gasteiger partial charge in [-0.2, -0.15) is 0 Å². The highest BCUT2D eigenvalue weighted by Crippen LogP contribution is 2.13. The van der Waals surface area contributed by atoms with E-state index >= 15 is 0 Å². The highest BCUT2D eigenvalue weighted by molar-refractivity contribution is 5.85. The maximum atomic E-state index is 5.48. The van der Waals surface area contributed by atoms with Gasteiger partial charge in [0.25, 0.3) is 0 Å². The summed E-state index contributed by atoms with van der Waals surface area (Å²) in [5.41, 5.74) is 13.9. The minimum atomic E-state index is 0. The monoisotopic (exact) mass is 234 g/mol. The molecule has 0 spiro atoms. The Morgan fingerprint density at radius 1 is 1.29 bits per heavy atom. The Balaban J connectivity index is 0.000000845. The number of nitrogens with one attached hydrogen (secondary N) is 1. The van der Waals surface area contributed by atoms with Gasteiger partial charge in [0.15, 0.2) is 5.95 Å². The Hall–Kier alpha value is -0.970. The third-order valence-electron chi connectivity index (χ3n) is 1.80. The predicted octanol–water partition coefficient (Wildman–Crippen LogP) is 1.45. The van der Waals surface area contributed by atoms with Crippen molar-refractivity contribution in [1.82, 2.24) is 9.97 Å². The van der Waals surface area contributed by atoms with Crippen LogP contribution in [0.15, 0.2) is 18.2 Å². The van der Waals surface area contributed by atoms with Crippen LogP contribution in [0.3, 0.4) is 0 Å². The fourth-order valence-electron chi connectivity index (χ4n) is 1.20. The molecule has 0 fully saturated rings. The van der Waals surface area contributed by atoms with Gasteiger partial charge in [-0.25, -0.2) is 4.98 Å². The SMILES string of the molecule is Cl.Cl.NCc1ccc2nc(N)[nH]c2c1. The highest BCUT2D eigenvalue weighted by atomic mass is 35.5. The zero-order valence-corrected chi connectivity index (χ0v) is 8.99. The summed E-state index contributed by atoms with van der Waals surface area (Å²) < 4.78 is 0. The third kappa shape index (κ3) is 2.29. The van der Waals surface area contributed by atoms with Crippen LogP contribution in [0.25, 0.3) is 11.0 Å². The van der Waals surface area contributed by atoms with Crippen molar-refractivity contribution >= 4 is 41.8 Å². The van der Waals surface area contributed by atoms with Crippen LogP contribution >= 0.6 is 24.8 Å². The number of aromatic nitrogens is 2. The number of aromatic amines is 1.